The third-order valence-electron chi connectivity index (χ3n) is 2.81. The average Bonchev–Trinajstić information content (AvgIpc) is 2.47. The molecule has 0 fully saturated rings. The second-order valence-electron chi connectivity index (χ2n) is 4.09. The third kappa shape index (κ3) is 3.41. The maximum Gasteiger partial charge on any atom is 0.416 e. The average molecular weight is 358 g/mol. The van der Waals surface area contributed by atoms with Crippen LogP contribution in [0.25, 0.3) is 11.1 Å². The van der Waals surface area contributed by atoms with Gasteiger partial charge in [-0.1, -0.05) is 28.1 Å². The van der Waals surface area contributed by atoms with Gasteiger partial charge in [0, 0.05) is 18.5 Å². The normalized spacial score (nSPS) is 12.5. The predicted molar refractivity (Wildman–Crippen MR) is 79.2 cm³/mol. The van der Waals surface area contributed by atoms with Crippen LogP contribution in [0, 0.1) is 0 Å². The van der Waals surface area contributed by atoms with Crippen molar-refractivity contribution in [3.63, 3.8) is 0 Å². The smallest absolute Gasteiger partial charge is 0.255 e. The summed E-state index contributed by atoms with van der Waals surface area (Å²) < 4.78 is 39.9. The molecule has 2 rings (SSSR count). The summed E-state index contributed by atoms with van der Waals surface area (Å²) in [6.45, 7) is 3.42. The summed E-state index contributed by atoms with van der Waals surface area (Å²) in [5.74, 6) is 0. The lowest BCUT2D eigenvalue weighted by Crippen LogP contribution is -2.19. The first-order valence-corrected chi connectivity index (χ1v) is 7.02. The van der Waals surface area contributed by atoms with Gasteiger partial charge in [0.05, 0.1) is 11.0 Å². The van der Waals surface area contributed by atoms with E-state index in [2.05, 4.69) is 32.7 Å². The molecule has 1 aromatic heterocycles. The Morgan fingerprint density at radius 1 is 1.19 bits per heavy atom. The van der Waals surface area contributed by atoms with E-state index in [-0.39, 0.29) is 0 Å². The van der Waals surface area contributed by atoms with Crippen molar-refractivity contribution in [2.75, 3.05) is 5.45 Å². The summed E-state index contributed by atoms with van der Waals surface area (Å²) in [6, 6.07) is 8.47. The van der Waals surface area contributed by atoms with Gasteiger partial charge >= 0.3 is 6.18 Å². The van der Waals surface area contributed by atoms with Gasteiger partial charge in [0.2, 0.25) is 0 Å². The van der Waals surface area contributed by atoms with Crippen molar-refractivity contribution in [3.05, 3.63) is 53.6 Å². The molecule has 0 saturated carbocycles. The first-order valence-electron chi connectivity index (χ1n) is 5.90. The van der Waals surface area contributed by atoms with Gasteiger partial charge < -0.3 is 0 Å². The highest BCUT2D eigenvalue weighted by molar-refractivity contribution is 9.09. The molecule has 0 bridgehead atoms. The molecule has 2 aromatic rings. The van der Waals surface area contributed by atoms with E-state index in [1.165, 1.54) is 10.7 Å². The van der Waals surface area contributed by atoms with Crippen molar-refractivity contribution in [2.45, 2.75) is 6.18 Å². The van der Waals surface area contributed by atoms with Gasteiger partial charge in [-0.2, -0.15) is 18.3 Å². The summed E-state index contributed by atoms with van der Waals surface area (Å²) in [5.41, 5.74) is 1.01. The minimum absolute atomic E-state index is 0.304. The van der Waals surface area contributed by atoms with Crippen LogP contribution >= 0.6 is 15.9 Å². The molecule has 0 N–H and O–H groups in total. The number of hydrogen-bond donors (Lipinski definition) is 0. The second kappa shape index (κ2) is 6.26. The van der Waals surface area contributed by atoms with E-state index in [4.69, 9.17) is 0 Å². The molecular weight excluding hydrogens is 347 g/mol. The van der Waals surface area contributed by atoms with Crippen LogP contribution in [0.1, 0.15) is 5.56 Å². The molecule has 21 heavy (non-hydrogen) atoms. The van der Waals surface area contributed by atoms with Gasteiger partial charge in [-0.25, -0.2) is 4.68 Å². The summed E-state index contributed by atoms with van der Waals surface area (Å²) in [5, 5.41) is 3.78. The van der Waals surface area contributed by atoms with E-state index in [9.17, 15) is 13.2 Å². The largest absolute Gasteiger partial charge is 0.416 e. The van der Waals surface area contributed by atoms with Gasteiger partial charge in [-0.15, -0.1) is 0 Å². The number of rotatable bonds is 3. The summed E-state index contributed by atoms with van der Waals surface area (Å²) in [7, 11) is 0. The van der Waals surface area contributed by atoms with E-state index in [0.717, 1.165) is 12.1 Å². The third-order valence-corrected chi connectivity index (χ3v) is 3.06. The number of aromatic nitrogens is 1. The summed E-state index contributed by atoms with van der Waals surface area (Å²) in [4.78, 5) is 4.21. The molecule has 0 unspecified atom stereocenters. The van der Waals surface area contributed by atoms with Gasteiger partial charge in [0.25, 0.3) is 0 Å². The Bertz CT molecular complexity index is 720. The minimum Gasteiger partial charge on any atom is -0.255 e. The van der Waals surface area contributed by atoms with Crippen molar-refractivity contribution >= 4 is 22.6 Å². The lowest BCUT2D eigenvalue weighted by Gasteiger charge is -2.10. The topological polar surface area (TPSA) is 29.6 Å². The van der Waals surface area contributed by atoms with Crippen LogP contribution in [0.4, 0.5) is 13.2 Å². The molecule has 7 heteroatoms. The SMILES string of the molecule is C=Nn1cccc(-c2cccc(C(F)(F)F)c2)c1=NCBr. The van der Waals surface area contributed by atoms with Crippen LogP contribution in [0.15, 0.2) is 52.7 Å². The monoisotopic (exact) mass is 357 g/mol. The highest BCUT2D eigenvalue weighted by Gasteiger charge is 2.30. The van der Waals surface area contributed by atoms with Crippen molar-refractivity contribution in [1.29, 1.82) is 0 Å². The second-order valence-corrected chi connectivity index (χ2v) is 4.59. The first-order chi connectivity index (χ1) is 9.97. The Hall–Kier alpha value is -1.89. The van der Waals surface area contributed by atoms with Crippen LogP contribution in [0.2, 0.25) is 0 Å². The fraction of sp³-hybridized carbons (Fsp3) is 0.143. The van der Waals surface area contributed by atoms with Crippen LogP contribution in [0.5, 0.6) is 0 Å². The van der Waals surface area contributed by atoms with E-state index < -0.39 is 11.7 Å². The molecule has 1 aromatic carbocycles. The molecule has 0 aliphatic heterocycles. The molecule has 3 nitrogen and oxygen atoms in total. The molecule has 110 valence electrons. The number of hydrogen-bond acceptors (Lipinski definition) is 2. The van der Waals surface area contributed by atoms with Crippen LogP contribution in [-0.2, 0) is 6.18 Å². The zero-order chi connectivity index (χ0) is 15.5. The van der Waals surface area contributed by atoms with Crippen molar-refractivity contribution in [2.24, 2.45) is 10.1 Å². The molecular formula is C14H11BrF3N3. The Morgan fingerprint density at radius 3 is 2.57 bits per heavy atom. The summed E-state index contributed by atoms with van der Waals surface area (Å²) >= 11 is 3.18. The molecule has 0 radical (unpaired) electrons. The van der Waals surface area contributed by atoms with Crippen molar-refractivity contribution < 1.29 is 13.2 Å². The Balaban J connectivity index is 2.68. The number of alkyl halides is 4. The van der Waals surface area contributed by atoms with Gasteiger partial charge in [-0.3, -0.25) is 4.99 Å². The fourth-order valence-electron chi connectivity index (χ4n) is 1.91. The van der Waals surface area contributed by atoms with Crippen LogP contribution in [-0.4, -0.2) is 16.8 Å². The number of nitrogens with zero attached hydrogens (tertiary/aromatic N) is 3. The number of benzene rings is 1. The van der Waals surface area contributed by atoms with Crippen LogP contribution < -0.4 is 5.49 Å². The van der Waals surface area contributed by atoms with Gasteiger partial charge in [0.1, 0.15) is 0 Å². The predicted octanol–water partition coefficient (Wildman–Crippen LogP) is 3.89. The maximum absolute atomic E-state index is 12.8. The Morgan fingerprint density at radius 2 is 1.95 bits per heavy atom. The molecule has 1 heterocycles. The van der Waals surface area contributed by atoms with Crippen molar-refractivity contribution in [1.82, 2.24) is 4.68 Å². The standard InChI is InChI=1S/C14H11BrF3N3/c1-19-21-7-3-6-12(13(21)20-9-15)10-4-2-5-11(8-10)14(16,17)18/h2-8H,1,9H2. The molecule has 0 amide bonds. The molecule has 0 saturated heterocycles. The zero-order valence-electron chi connectivity index (χ0n) is 10.8. The van der Waals surface area contributed by atoms with Crippen molar-refractivity contribution in [3.8, 4) is 11.1 Å². The lowest BCUT2D eigenvalue weighted by molar-refractivity contribution is -0.137. The van der Waals surface area contributed by atoms with E-state index in [0.29, 0.717) is 22.1 Å². The van der Waals surface area contributed by atoms with E-state index >= 15 is 0 Å². The molecule has 0 aliphatic rings. The van der Waals surface area contributed by atoms with E-state index in [1.54, 1.807) is 24.4 Å². The first kappa shape index (κ1) is 15.5. The highest BCUT2D eigenvalue weighted by Crippen LogP contribution is 2.31. The van der Waals surface area contributed by atoms with Gasteiger partial charge in [0.15, 0.2) is 5.49 Å². The quantitative estimate of drug-likeness (QED) is 0.453. The Kier molecular flexibility index (Phi) is 4.62. The fourth-order valence-corrected chi connectivity index (χ4v) is 2.14. The Labute approximate surface area is 127 Å². The van der Waals surface area contributed by atoms with Crippen LogP contribution in [0.3, 0.4) is 0 Å². The lowest BCUT2D eigenvalue weighted by atomic mass is 10.0. The van der Waals surface area contributed by atoms with Gasteiger partial charge in [-0.05, 0) is 29.8 Å². The molecule has 0 spiro atoms. The van der Waals surface area contributed by atoms with E-state index in [1.807, 2.05) is 0 Å². The zero-order valence-corrected chi connectivity index (χ0v) is 12.4. The number of halogens is 4. The minimum atomic E-state index is -4.38. The number of pyridine rings is 1. The summed E-state index contributed by atoms with van der Waals surface area (Å²) in [6.07, 6.45) is -2.75. The molecule has 0 atom stereocenters. The highest BCUT2D eigenvalue weighted by atomic mass is 79.9. The molecule has 0 aliphatic carbocycles. The maximum atomic E-state index is 12.8.